The molecule has 1 rings (SSSR count). The lowest BCUT2D eigenvalue weighted by Gasteiger charge is -2.26. The number of carboxylic acid groups (broad SMARTS) is 2. The molecule has 1 heterocycles. The lowest BCUT2D eigenvalue weighted by atomic mass is 9.93. The summed E-state index contributed by atoms with van der Waals surface area (Å²) < 4.78 is 0. The summed E-state index contributed by atoms with van der Waals surface area (Å²) in [6.45, 7) is 4.96. The van der Waals surface area contributed by atoms with Crippen LogP contribution in [-0.2, 0) is 33.6 Å². The largest absolute Gasteiger partial charge is 0.481 e. The monoisotopic (exact) mass is 742 g/mol. The Labute approximate surface area is 289 Å². The molecule has 0 bridgehead atoms. The molecule has 7 atom stereocenters. The normalized spacial score (nSPS) is 27.2. The number of aliphatic hydroxyl groups is 1. The van der Waals surface area contributed by atoms with E-state index in [1.165, 1.54) is 42.6 Å². The van der Waals surface area contributed by atoms with Gasteiger partial charge < -0.3 is 47.2 Å². The highest BCUT2D eigenvalue weighted by Gasteiger charge is 2.34. The van der Waals surface area contributed by atoms with Crippen LogP contribution in [0.25, 0.3) is 0 Å². The molecular formula is C27H46N6O10S4. The number of hydrogen-bond acceptors (Lipinski definition) is 14. The first-order valence-corrected chi connectivity index (χ1v) is 19.9. The van der Waals surface area contributed by atoms with Crippen LogP contribution in [0, 0.1) is 5.92 Å². The molecule has 0 radical (unpaired) electrons. The lowest BCUT2D eigenvalue weighted by molar-refractivity contribution is -0.142. The quantitative estimate of drug-likeness (QED) is 0.120. The number of carboxylic acids is 2. The van der Waals surface area contributed by atoms with Crippen LogP contribution in [0.5, 0.6) is 0 Å². The van der Waals surface area contributed by atoms with Crippen LogP contribution in [0.4, 0.5) is 0 Å². The van der Waals surface area contributed by atoms with Crippen molar-refractivity contribution in [3.8, 4) is 0 Å². The molecule has 0 aliphatic carbocycles. The van der Waals surface area contributed by atoms with Crippen molar-refractivity contribution < 1.29 is 48.9 Å². The van der Waals surface area contributed by atoms with E-state index in [0.29, 0.717) is 12.8 Å². The van der Waals surface area contributed by atoms with Gasteiger partial charge in [-0.25, -0.2) is 4.79 Å². The molecule has 16 nitrogen and oxygen atoms in total. The van der Waals surface area contributed by atoms with Gasteiger partial charge in [-0.1, -0.05) is 57.0 Å². The van der Waals surface area contributed by atoms with E-state index in [4.69, 9.17) is 0 Å². The number of nitrogens with one attached hydrogen (secondary N) is 6. The van der Waals surface area contributed by atoms with Crippen LogP contribution in [0.3, 0.4) is 0 Å². The molecule has 268 valence electrons. The number of Topliss-reactive ketones (excluding diaryl/α,β-unsaturated/α-hetero) is 1. The molecule has 20 heteroatoms. The Bertz CT molecular complexity index is 1100. The third-order valence-corrected chi connectivity index (χ3v) is 12.0. The van der Waals surface area contributed by atoms with E-state index in [-0.39, 0.29) is 34.7 Å². The zero-order valence-corrected chi connectivity index (χ0v) is 30.2. The van der Waals surface area contributed by atoms with E-state index in [2.05, 4.69) is 31.9 Å². The highest BCUT2D eigenvalue weighted by Crippen LogP contribution is 2.26. The first-order chi connectivity index (χ1) is 22.2. The van der Waals surface area contributed by atoms with Crippen molar-refractivity contribution in [3.05, 3.63) is 0 Å². The van der Waals surface area contributed by atoms with E-state index in [1.54, 1.807) is 0 Å². The van der Waals surface area contributed by atoms with Crippen LogP contribution in [0.15, 0.2) is 0 Å². The standard InChI is InChI=1S/C27H46N6O10S4/c1-6-14(7-2)22(37)16-9-44-45-11-18(29-5)25(40)33-21(13(3)34)26(41)32-19(27(42)43)12-47-46-10-17(28-4)24(39)30-15(8-20(35)36)23(38)31-16/h13-19,21,28-29,34H,6-12H2,1-5H3,(H,30,39)(H,31,38)(H,32,41)(H,33,40)(H,35,36)(H,42,43)/t13-,15+,16+,17+,18+,19+,21?/m1/s1. The van der Waals surface area contributed by atoms with Crippen LogP contribution in [-0.4, -0.2) is 136 Å². The van der Waals surface area contributed by atoms with E-state index >= 15 is 0 Å². The number of aliphatic carboxylic acids is 2. The third-order valence-electron chi connectivity index (χ3n) is 7.17. The minimum Gasteiger partial charge on any atom is -0.481 e. The Morgan fingerprint density at radius 1 is 0.745 bits per heavy atom. The maximum Gasteiger partial charge on any atom is 0.327 e. The van der Waals surface area contributed by atoms with Crippen molar-refractivity contribution in [2.45, 2.75) is 82.4 Å². The van der Waals surface area contributed by atoms with Crippen molar-refractivity contribution in [1.29, 1.82) is 0 Å². The number of carbonyl (C=O) groups is 7. The van der Waals surface area contributed by atoms with E-state index in [9.17, 15) is 48.9 Å². The summed E-state index contributed by atoms with van der Waals surface area (Å²) in [5.41, 5.74) is 0. The van der Waals surface area contributed by atoms with Crippen LogP contribution in [0.2, 0.25) is 0 Å². The van der Waals surface area contributed by atoms with Crippen molar-refractivity contribution in [2.75, 3.05) is 37.1 Å². The maximum absolute atomic E-state index is 13.4. The summed E-state index contributed by atoms with van der Waals surface area (Å²) in [7, 11) is 7.50. The van der Waals surface area contributed by atoms with Gasteiger partial charge in [0.2, 0.25) is 23.6 Å². The summed E-state index contributed by atoms with van der Waals surface area (Å²) >= 11 is 0. The summed E-state index contributed by atoms with van der Waals surface area (Å²) in [6, 6.07) is -7.15. The van der Waals surface area contributed by atoms with Crippen LogP contribution < -0.4 is 31.9 Å². The van der Waals surface area contributed by atoms with E-state index < -0.39 is 84.3 Å². The van der Waals surface area contributed by atoms with Gasteiger partial charge in [0.15, 0.2) is 5.78 Å². The second-order valence-electron chi connectivity index (χ2n) is 10.6. The van der Waals surface area contributed by atoms with Crippen molar-refractivity contribution in [1.82, 2.24) is 31.9 Å². The molecule has 1 aliphatic heterocycles. The Balaban J connectivity index is 3.40. The molecule has 1 aliphatic rings. The smallest absolute Gasteiger partial charge is 0.327 e. The van der Waals surface area contributed by atoms with Crippen molar-refractivity contribution in [2.24, 2.45) is 5.92 Å². The zero-order chi connectivity index (χ0) is 35.7. The highest BCUT2D eigenvalue weighted by atomic mass is 33.1. The highest BCUT2D eigenvalue weighted by molar-refractivity contribution is 8.77. The van der Waals surface area contributed by atoms with Gasteiger partial charge in [-0.15, -0.1) is 0 Å². The summed E-state index contributed by atoms with van der Waals surface area (Å²) in [5.74, 6) is -6.27. The lowest BCUT2D eigenvalue weighted by Crippen LogP contribution is -2.59. The molecule has 1 fully saturated rings. The zero-order valence-electron chi connectivity index (χ0n) is 26.9. The minimum absolute atomic E-state index is 0.0656. The number of likely N-dealkylation sites (N-methyl/N-ethyl adjacent to an activating group) is 2. The fourth-order valence-corrected chi connectivity index (χ4v) is 9.07. The van der Waals surface area contributed by atoms with Crippen LogP contribution >= 0.6 is 43.2 Å². The molecule has 1 unspecified atom stereocenters. The maximum atomic E-state index is 13.4. The molecule has 0 saturated carbocycles. The van der Waals surface area contributed by atoms with Crippen molar-refractivity contribution in [3.63, 3.8) is 0 Å². The number of aliphatic hydroxyl groups excluding tert-OH is 1. The van der Waals surface area contributed by atoms with Crippen molar-refractivity contribution >= 4 is 84.5 Å². The summed E-state index contributed by atoms with van der Waals surface area (Å²) in [4.78, 5) is 89.3. The second kappa shape index (κ2) is 22.4. The molecule has 0 aromatic carbocycles. The molecule has 0 aromatic rings. The molecule has 4 amide bonds. The fraction of sp³-hybridized carbons (Fsp3) is 0.741. The Hall–Kier alpha value is -2.23. The third kappa shape index (κ3) is 14.8. The van der Waals surface area contributed by atoms with Gasteiger partial charge >= 0.3 is 11.9 Å². The first kappa shape index (κ1) is 42.8. The average Bonchev–Trinajstić information content (AvgIpc) is 3.01. The van der Waals surface area contributed by atoms with Gasteiger partial charge in [-0.3, -0.25) is 28.8 Å². The second-order valence-corrected chi connectivity index (χ2v) is 15.7. The number of carbonyl (C=O) groups excluding carboxylic acids is 5. The van der Waals surface area contributed by atoms with Gasteiger partial charge in [-0.2, -0.15) is 0 Å². The Kier molecular flexibility index (Phi) is 20.4. The van der Waals surface area contributed by atoms with Crippen LogP contribution in [0.1, 0.15) is 40.0 Å². The van der Waals surface area contributed by atoms with Gasteiger partial charge in [0.25, 0.3) is 0 Å². The summed E-state index contributed by atoms with van der Waals surface area (Å²) in [5, 5.41) is 44.9. The number of rotatable bonds is 10. The minimum atomic E-state index is -1.49. The first-order valence-electron chi connectivity index (χ1n) is 14.9. The molecule has 47 heavy (non-hydrogen) atoms. The predicted molar refractivity (Wildman–Crippen MR) is 184 cm³/mol. The number of ketones is 1. The molecular weight excluding hydrogens is 697 g/mol. The van der Waals surface area contributed by atoms with E-state index in [0.717, 1.165) is 21.6 Å². The molecule has 9 N–H and O–H groups in total. The topological polar surface area (TPSA) is 252 Å². The summed E-state index contributed by atoms with van der Waals surface area (Å²) in [6.07, 6.45) is -1.07. The number of amides is 4. The Morgan fingerprint density at radius 3 is 1.66 bits per heavy atom. The number of hydrogen-bond donors (Lipinski definition) is 9. The SMILES string of the molecule is CCC(CC)C(=O)[C@@H]1CSSC[C@H](NC)C(=O)NC([C@@H](C)O)C(=O)N[C@H](C(=O)O)CSSC[C@H](NC)C(=O)N[C@@H](CC(=O)O)C(=O)N1. The molecule has 0 spiro atoms. The van der Waals surface area contributed by atoms with E-state index in [1.807, 2.05) is 13.8 Å². The average molecular weight is 743 g/mol. The fourth-order valence-electron chi connectivity index (χ4n) is 4.24. The Morgan fingerprint density at radius 2 is 1.21 bits per heavy atom. The van der Waals surface area contributed by atoms with Gasteiger partial charge in [0, 0.05) is 28.9 Å². The molecule has 1 saturated heterocycles. The van der Waals surface area contributed by atoms with Gasteiger partial charge in [-0.05, 0) is 33.9 Å². The molecule has 0 aromatic heterocycles. The van der Waals surface area contributed by atoms with Gasteiger partial charge in [0.05, 0.1) is 30.7 Å². The van der Waals surface area contributed by atoms with Gasteiger partial charge in [0.1, 0.15) is 18.1 Å². The predicted octanol–water partition coefficient (Wildman–Crippen LogP) is -1.18.